The summed E-state index contributed by atoms with van der Waals surface area (Å²) < 4.78 is 33.4. The Balaban J connectivity index is 1.72. The fourth-order valence-corrected chi connectivity index (χ4v) is 3.31. The third-order valence-electron chi connectivity index (χ3n) is 4.66. The van der Waals surface area contributed by atoms with Crippen LogP contribution >= 0.6 is 0 Å². The highest BCUT2D eigenvalue weighted by atomic mass is 19.2. The van der Waals surface area contributed by atoms with Crippen LogP contribution in [-0.4, -0.2) is 32.8 Å². The summed E-state index contributed by atoms with van der Waals surface area (Å²) in [5, 5.41) is 10.8. The Morgan fingerprint density at radius 2 is 2.04 bits per heavy atom. The molecule has 0 bridgehead atoms. The lowest BCUT2D eigenvalue weighted by Crippen LogP contribution is -2.40. The van der Waals surface area contributed by atoms with Crippen molar-refractivity contribution in [1.29, 1.82) is 0 Å². The van der Waals surface area contributed by atoms with E-state index in [1.165, 1.54) is 6.33 Å². The van der Waals surface area contributed by atoms with E-state index in [9.17, 15) is 18.7 Å². The van der Waals surface area contributed by atoms with Gasteiger partial charge in [0.05, 0.1) is 42.0 Å². The van der Waals surface area contributed by atoms with Crippen molar-refractivity contribution in [3.63, 3.8) is 0 Å². The third-order valence-corrected chi connectivity index (χ3v) is 4.66. The molecule has 5 nitrogen and oxygen atoms in total. The minimum Gasteiger partial charge on any atom is -0.466 e. The van der Waals surface area contributed by atoms with Gasteiger partial charge in [-0.15, -0.1) is 0 Å². The van der Waals surface area contributed by atoms with Gasteiger partial charge >= 0.3 is 5.97 Å². The van der Waals surface area contributed by atoms with E-state index in [4.69, 9.17) is 4.74 Å². The van der Waals surface area contributed by atoms with Crippen LogP contribution in [0.15, 0.2) is 18.5 Å². The smallest absolute Gasteiger partial charge is 0.308 e. The molecule has 2 aromatic rings. The Morgan fingerprint density at radius 3 is 2.71 bits per heavy atom. The number of carbonyl (C=O) groups excluding carboxylic acids is 1. The second-order valence-corrected chi connectivity index (χ2v) is 6.38. The summed E-state index contributed by atoms with van der Waals surface area (Å²) in [4.78, 5) is 15.8. The van der Waals surface area contributed by atoms with Gasteiger partial charge in [0.2, 0.25) is 0 Å². The topological polar surface area (TPSA) is 64.3 Å². The van der Waals surface area contributed by atoms with Gasteiger partial charge in [-0.3, -0.25) is 4.79 Å². The lowest BCUT2D eigenvalue weighted by atomic mass is 9.78. The van der Waals surface area contributed by atoms with E-state index in [-0.39, 0.29) is 18.4 Å². The molecule has 1 fully saturated rings. The molecule has 0 saturated heterocycles. The average molecular weight is 338 g/mol. The minimum absolute atomic E-state index is 0.184. The summed E-state index contributed by atoms with van der Waals surface area (Å²) in [5.74, 6) is -2.29. The molecule has 1 aliphatic carbocycles. The number of aliphatic hydroxyl groups is 1. The number of hydrogen-bond acceptors (Lipinski definition) is 4. The Kier molecular flexibility index (Phi) is 4.54. The predicted octanol–water partition coefficient (Wildman–Crippen LogP) is 2.80. The van der Waals surface area contributed by atoms with Crippen molar-refractivity contribution >= 4 is 17.0 Å². The number of ether oxygens (including phenoxy) is 1. The molecule has 0 radical (unpaired) electrons. The SMILES string of the molecule is CCOC(=O)C1CCC(O)(Cn2cnc3cc(F)c(F)cc32)CC1. The Labute approximate surface area is 138 Å². The number of nitrogens with zero attached hydrogens (tertiary/aromatic N) is 2. The van der Waals surface area contributed by atoms with Crippen molar-refractivity contribution in [2.45, 2.75) is 44.8 Å². The number of halogens is 2. The first kappa shape index (κ1) is 16.8. The Hall–Kier alpha value is -2.02. The summed E-state index contributed by atoms with van der Waals surface area (Å²) in [6.45, 7) is 2.34. The Bertz CT molecular complexity index is 752. The van der Waals surface area contributed by atoms with E-state index >= 15 is 0 Å². The average Bonchev–Trinajstić information content (AvgIpc) is 2.90. The maximum atomic E-state index is 13.5. The highest BCUT2D eigenvalue weighted by Gasteiger charge is 2.36. The van der Waals surface area contributed by atoms with Crippen molar-refractivity contribution < 1.29 is 23.4 Å². The standard InChI is InChI=1S/C17H20F2N2O3/c1-2-24-16(22)11-3-5-17(23,6-4-11)9-21-10-20-14-7-12(18)13(19)8-15(14)21/h7-8,10-11,23H,2-6,9H2,1H3. The van der Waals surface area contributed by atoms with Gasteiger partial charge in [-0.05, 0) is 32.6 Å². The van der Waals surface area contributed by atoms with E-state index in [2.05, 4.69) is 4.98 Å². The molecule has 0 amide bonds. The minimum atomic E-state index is -0.999. The van der Waals surface area contributed by atoms with E-state index in [0.29, 0.717) is 43.3 Å². The zero-order valence-corrected chi connectivity index (χ0v) is 13.5. The van der Waals surface area contributed by atoms with Crippen LogP contribution in [0.2, 0.25) is 0 Å². The van der Waals surface area contributed by atoms with E-state index in [1.807, 2.05) is 0 Å². The molecular formula is C17H20F2N2O3. The first-order valence-corrected chi connectivity index (χ1v) is 8.11. The lowest BCUT2D eigenvalue weighted by molar-refractivity contribution is -0.151. The molecule has 0 spiro atoms. The fourth-order valence-electron chi connectivity index (χ4n) is 3.31. The molecule has 3 rings (SSSR count). The van der Waals surface area contributed by atoms with Crippen LogP contribution in [0.4, 0.5) is 8.78 Å². The molecule has 0 atom stereocenters. The highest BCUT2D eigenvalue weighted by molar-refractivity contribution is 5.75. The van der Waals surface area contributed by atoms with Crippen molar-refractivity contribution in [2.24, 2.45) is 5.92 Å². The number of esters is 1. The molecular weight excluding hydrogens is 318 g/mol. The summed E-state index contributed by atoms with van der Waals surface area (Å²) in [6.07, 6.45) is 3.45. The van der Waals surface area contributed by atoms with Gasteiger partial charge in [-0.2, -0.15) is 0 Å². The molecule has 1 aromatic carbocycles. The molecule has 130 valence electrons. The van der Waals surface area contributed by atoms with Crippen LogP contribution in [-0.2, 0) is 16.1 Å². The summed E-state index contributed by atoms with van der Waals surface area (Å²) in [6, 6.07) is 2.13. The molecule has 0 unspecified atom stereocenters. The van der Waals surface area contributed by atoms with E-state index in [1.54, 1.807) is 11.5 Å². The summed E-state index contributed by atoms with van der Waals surface area (Å²) in [5.41, 5.74) is -0.214. The number of fused-ring (bicyclic) bond motifs is 1. The molecule has 24 heavy (non-hydrogen) atoms. The van der Waals surface area contributed by atoms with Crippen LogP contribution in [0.25, 0.3) is 11.0 Å². The van der Waals surface area contributed by atoms with Gasteiger partial charge < -0.3 is 14.4 Å². The van der Waals surface area contributed by atoms with Crippen molar-refractivity contribution in [1.82, 2.24) is 9.55 Å². The lowest BCUT2D eigenvalue weighted by Gasteiger charge is -2.35. The van der Waals surface area contributed by atoms with Gasteiger partial charge in [0.25, 0.3) is 0 Å². The first-order chi connectivity index (χ1) is 11.4. The van der Waals surface area contributed by atoms with Gasteiger partial charge in [-0.1, -0.05) is 0 Å². The molecule has 0 aliphatic heterocycles. The Morgan fingerprint density at radius 1 is 1.38 bits per heavy atom. The maximum Gasteiger partial charge on any atom is 0.308 e. The van der Waals surface area contributed by atoms with Crippen molar-refractivity contribution in [2.75, 3.05) is 6.61 Å². The van der Waals surface area contributed by atoms with E-state index < -0.39 is 17.2 Å². The number of aromatic nitrogens is 2. The maximum absolute atomic E-state index is 13.5. The summed E-state index contributed by atoms with van der Waals surface area (Å²) >= 11 is 0. The van der Waals surface area contributed by atoms with Gasteiger partial charge in [0, 0.05) is 12.1 Å². The first-order valence-electron chi connectivity index (χ1n) is 8.11. The molecule has 1 N–H and O–H groups in total. The molecule has 1 heterocycles. The third kappa shape index (κ3) is 3.26. The van der Waals surface area contributed by atoms with Crippen LogP contribution in [0.5, 0.6) is 0 Å². The van der Waals surface area contributed by atoms with Gasteiger partial charge in [-0.25, -0.2) is 13.8 Å². The van der Waals surface area contributed by atoms with Crippen LogP contribution < -0.4 is 0 Å². The monoisotopic (exact) mass is 338 g/mol. The van der Waals surface area contributed by atoms with Crippen molar-refractivity contribution in [3.8, 4) is 0 Å². The van der Waals surface area contributed by atoms with Crippen LogP contribution in [0.3, 0.4) is 0 Å². The number of rotatable bonds is 4. The second kappa shape index (κ2) is 6.47. The highest BCUT2D eigenvalue weighted by Crippen LogP contribution is 2.34. The number of carbonyl (C=O) groups is 1. The van der Waals surface area contributed by atoms with Crippen LogP contribution in [0, 0.1) is 17.6 Å². The zero-order valence-electron chi connectivity index (χ0n) is 13.5. The molecule has 1 saturated carbocycles. The largest absolute Gasteiger partial charge is 0.466 e. The van der Waals surface area contributed by atoms with Crippen LogP contribution in [0.1, 0.15) is 32.6 Å². The van der Waals surface area contributed by atoms with E-state index in [0.717, 1.165) is 12.1 Å². The quantitative estimate of drug-likeness (QED) is 0.871. The predicted molar refractivity (Wildman–Crippen MR) is 83.2 cm³/mol. The molecule has 1 aliphatic rings. The number of imidazole rings is 1. The number of hydrogen-bond donors (Lipinski definition) is 1. The zero-order chi connectivity index (χ0) is 17.3. The molecule has 7 heteroatoms. The number of benzene rings is 1. The summed E-state index contributed by atoms with van der Waals surface area (Å²) in [7, 11) is 0. The van der Waals surface area contributed by atoms with Gasteiger partial charge in [0.1, 0.15) is 0 Å². The fraction of sp³-hybridized carbons (Fsp3) is 0.529. The molecule has 1 aromatic heterocycles. The van der Waals surface area contributed by atoms with Gasteiger partial charge in [0.15, 0.2) is 11.6 Å². The second-order valence-electron chi connectivity index (χ2n) is 6.38. The van der Waals surface area contributed by atoms with Crippen molar-refractivity contribution in [3.05, 3.63) is 30.1 Å². The normalized spacial score (nSPS) is 24.2.